The first-order chi connectivity index (χ1) is 8.41. The normalized spacial score (nSPS) is 10.4. The number of fused-ring (bicyclic) bond motifs is 1. The van der Waals surface area contributed by atoms with Gasteiger partial charge in [-0.05, 0) is 6.07 Å². The summed E-state index contributed by atoms with van der Waals surface area (Å²) in [7, 11) is 0. The first-order valence-electron chi connectivity index (χ1n) is 4.68. The highest BCUT2D eigenvalue weighted by Gasteiger charge is 2.19. The van der Waals surface area contributed by atoms with E-state index in [1.165, 1.54) is 6.07 Å². The Morgan fingerprint density at radius 3 is 2.44 bits per heavy atom. The number of hydrogen-bond acceptors (Lipinski definition) is 4. The summed E-state index contributed by atoms with van der Waals surface area (Å²) in [5, 5.41) is 28.4. The van der Waals surface area contributed by atoms with Crippen LogP contribution in [0, 0.1) is 10.1 Å². The van der Waals surface area contributed by atoms with Gasteiger partial charge in [0, 0.05) is 23.7 Å². The minimum absolute atomic E-state index is 0.0131. The maximum absolute atomic E-state index is 11.0. The molecule has 0 spiro atoms. The second-order valence-corrected chi connectivity index (χ2v) is 3.46. The zero-order chi connectivity index (χ0) is 13.4. The highest BCUT2D eigenvalue weighted by Crippen LogP contribution is 2.26. The summed E-state index contributed by atoms with van der Waals surface area (Å²) in [4.78, 5) is 31.8. The summed E-state index contributed by atoms with van der Waals surface area (Å²) in [6.45, 7) is 0. The molecule has 1 heterocycles. The molecule has 0 amide bonds. The van der Waals surface area contributed by atoms with Crippen LogP contribution in [0.15, 0.2) is 24.4 Å². The lowest BCUT2D eigenvalue weighted by Gasteiger charge is -1.97. The summed E-state index contributed by atoms with van der Waals surface area (Å²) >= 11 is 0. The summed E-state index contributed by atoms with van der Waals surface area (Å²) in [5.74, 6) is -1.35. The van der Waals surface area contributed by atoms with E-state index in [0.717, 1.165) is 18.3 Å². The van der Waals surface area contributed by atoms with Crippen molar-refractivity contribution in [1.29, 1.82) is 0 Å². The van der Waals surface area contributed by atoms with Crippen molar-refractivity contribution in [1.82, 2.24) is 4.57 Å². The molecule has 0 fully saturated rings. The van der Waals surface area contributed by atoms with Crippen LogP contribution in [0.2, 0.25) is 0 Å². The molecule has 0 atom stereocenters. The van der Waals surface area contributed by atoms with Crippen molar-refractivity contribution >= 4 is 28.7 Å². The van der Waals surface area contributed by atoms with Gasteiger partial charge in [-0.2, -0.15) is 0 Å². The molecule has 2 rings (SSSR count). The number of rotatable bonds is 2. The Balaban J connectivity index is 2.83. The molecule has 1 aromatic carbocycles. The average molecular weight is 250 g/mol. The van der Waals surface area contributed by atoms with E-state index in [1.54, 1.807) is 0 Å². The first kappa shape index (κ1) is 11.6. The fraction of sp³-hybridized carbons (Fsp3) is 0. The number of nitrogens with zero attached hydrogens (tertiary/aromatic N) is 2. The third-order valence-electron chi connectivity index (χ3n) is 2.44. The topological polar surface area (TPSA) is 123 Å². The van der Waals surface area contributed by atoms with Crippen molar-refractivity contribution in [3.8, 4) is 0 Å². The highest BCUT2D eigenvalue weighted by molar-refractivity contribution is 6.06. The van der Waals surface area contributed by atoms with Crippen molar-refractivity contribution in [2.75, 3.05) is 0 Å². The van der Waals surface area contributed by atoms with E-state index in [0.29, 0.717) is 4.57 Å². The molecule has 0 aliphatic rings. The lowest BCUT2D eigenvalue weighted by molar-refractivity contribution is -0.384. The summed E-state index contributed by atoms with van der Waals surface area (Å²) in [6, 6.07) is 3.36. The molecule has 0 aliphatic heterocycles. The Labute approximate surface area is 98.8 Å². The van der Waals surface area contributed by atoms with Gasteiger partial charge in [-0.15, -0.1) is 0 Å². The number of nitro groups is 1. The molecule has 2 aromatic rings. The van der Waals surface area contributed by atoms with Crippen LogP contribution in [0.25, 0.3) is 10.9 Å². The number of carbonyl (C=O) groups is 2. The summed E-state index contributed by atoms with van der Waals surface area (Å²) in [6.07, 6.45) is -0.444. The third kappa shape index (κ3) is 1.65. The second-order valence-electron chi connectivity index (χ2n) is 3.46. The van der Waals surface area contributed by atoms with Gasteiger partial charge in [0.25, 0.3) is 5.69 Å². The summed E-state index contributed by atoms with van der Waals surface area (Å²) in [5.41, 5.74) is -0.505. The molecule has 0 radical (unpaired) electrons. The molecule has 8 nitrogen and oxygen atoms in total. The van der Waals surface area contributed by atoms with E-state index >= 15 is 0 Å². The molecular formula is C10H6N2O6. The molecule has 18 heavy (non-hydrogen) atoms. The number of nitro benzene ring substituents is 1. The van der Waals surface area contributed by atoms with E-state index in [4.69, 9.17) is 10.2 Å². The van der Waals surface area contributed by atoms with Crippen LogP contribution in [0.4, 0.5) is 10.5 Å². The van der Waals surface area contributed by atoms with Crippen LogP contribution in [-0.2, 0) is 0 Å². The number of aromatic nitrogens is 1. The molecule has 92 valence electrons. The predicted molar refractivity (Wildman–Crippen MR) is 59.0 cm³/mol. The Morgan fingerprint density at radius 2 is 1.94 bits per heavy atom. The molecule has 2 N–H and O–H groups in total. The monoisotopic (exact) mass is 250 g/mol. The number of carboxylic acid groups (broad SMARTS) is 2. The smallest absolute Gasteiger partial charge is 0.416 e. The van der Waals surface area contributed by atoms with Crippen LogP contribution in [-0.4, -0.2) is 31.8 Å². The lowest BCUT2D eigenvalue weighted by Crippen LogP contribution is -2.06. The minimum Gasteiger partial charge on any atom is -0.478 e. The predicted octanol–water partition coefficient (Wildman–Crippen LogP) is 1.77. The highest BCUT2D eigenvalue weighted by atomic mass is 16.6. The zero-order valence-corrected chi connectivity index (χ0v) is 8.73. The third-order valence-corrected chi connectivity index (χ3v) is 2.44. The number of carboxylic acids is 1. The standard InChI is InChI=1S/C10H6N2O6/c13-9(14)7-4-11(10(15)16)8-2-1-5(12(17)18)3-6(7)8/h1-4H,(H,13,14)(H,15,16). The molecule has 1 aromatic heterocycles. The summed E-state index contributed by atoms with van der Waals surface area (Å²) < 4.78 is 0.711. The Hall–Kier alpha value is -2.90. The number of benzene rings is 1. The number of non-ortho nitro benzene ring substituents is 1. The molecular weight excluding hydrogens is 244 g/mol. The van der Waals surface area contributed by atoms with Gasteiger partial charge in [-0.1, -0.05) is 0 Å². The molecule has 0 bridgehead atoms. The molecule has 8 heteroatoms. The van der Waals surface area contributed by atoms with E-state index in [2.05, 4.69) is 0 Å². The van der Waals surface area contributed by atoms with Crippen LogP contribution >= 0.6 is 0 Å². The van der Waals surface area contributed by atoms with Crippen molar-refractivity contribution in [3.05, 3.63) is 40.1 Å². The van der Waals surface area contributed by atoms with Gasteiger partial charge in [-0.3, -0.25) is 14.7 Å². The molecule has 0 saturated heterocycles. The van der Waals surface area contributed by atoms with E-state index in [1.807, 2.05) is 0 Å². The van der Waals surface area contributed by atoms with Crippen molar-refractivity contribution < 1.29 is 24.7 Å². The first-order valence-corrected chi connectivity index (χ1v) is 4.68. The fourth-order valence-corrected chi connectivity index (χ4v) is 1.66. The molecule has 0 aliphatic carbocycles. The van der Waals surface area contributed by atoms with Crippen molar-refractivity contribution in [2.45, 2.75) is 0 Å². The van der Waals surface area contributed by atoms with Crippen molar-refractivity contribution in [2.24, 2.45) is 0 Å². The van der Waals surface area contributed by atoms with Gasteiger partial charge in [0.05, 0.1) is 16.0 Å². The quantitative estimate of drug-likeness (QED) is 0.618. The van der Waals surface area contributed by atoms with Gasteiger partial charge in [0.2, 0.25) is 0 Å². The van der Waals surface area contributed by atoms with Gasteiger partial charge >= 0.3 is 12.1 Å². The lowest BCUT2D eigenvalue weighted by atomic mass is 10.1. The SMILES string of the molecule is O=C(O)c1cn(C(=O)O)c2ccc([N+](=O)[O-])cc12. The van der Waals surface area contributed by atoms with Gasteiger partial charge < -0.3 is 10.2 Å². The maximum Gasteiger partial charge on any atom is 0.416 e. The van der Waals surface area contributed by atoms with E-state index in [9.17, 15) is 19.7 Å². The van der Waals surface area contributed by atoms with E-state index < -0.39 is 17.0 Å². The molecule has 0 saturated carbocycles. The van der Waals surface area contributed by atoms with Crippen molar-refractivity contribution in [3.63, 3.8) is 0 Å². The zero-order valence-electron chi connectivity index (χ0n) is 8.73. The van der Waals surface area contributed by atoms with Crippen LogP contribution in [0.1, 0.15) is 10.4 Å². The Morgan fingerprint density at radius 1 is 1.28 bits per heavy atom. The van der Waals surface area contributed by atoms with Crippen LogP contribution in [0.3, 0.4) is 0 Å². The van der Waals surface area contributed by atoms with Crippen LogP contribution < -0.4 is 0 Å². The maximum atomic E-state index is 11.0. The second kappa shape index (κ2) is 3.84. The van der Waals surface area contributed by atoms with Crippen LogP contribution in [0.5, 0.6) is 0 Å². The Kier molecular flexibility index (Phi) is 2.47. The van der Waals surface area contributed by atoms with Gasteiger partial charge in [0.15, 0.2) is 0 Å². The fourth-order valence-electron chi connectivity index (χ4n) is 1.66. The minimum atomic E-state index is -1.36. The van der Waals surface area contributed by atoms with E-state index in [-0.39, 0.29) is 22.2 Å². The largest absolute Gasteiger partial charge is 0.478 e. The molecule has 0 unspecified atom stereocenters. The number of aromatic carboxylic acids is 1. The Bertz CT molecular complexity index is 687. The van der Waals surface area contributed by atoms with Gasteiger partial charge in [-0.25, -0.2) is 9.59 Å². The number of hydrogen-bond donors (Lipinski definition) is 2. The van der Waals surface area contributed by atoms with Gasteiger partial charge in [0.1, 0.15) is 0 Å². The average Bonchev–Trinajstić information content (AvgIpc) is 2.67.